The van der Waals surface area contributed by atoms with Gasteiger partial charge < -0.3 is 5.73 Å². The van der Waals surface area contributed by atoms with Gasteiger partial charge in [0.2, 0.25) is 0 Å². The molecule has 16 heavy (non-hydrogen) atoms. The van der Waals surface area contributed by atoms with Gasteiger partial charge in [0, 0.05) is 6.42 Å². The van der Waals surface area contributed by atoms with Crippen molar-refractivity contribution in [2.75, 3.05) is 20.1 Å². The molecule has 2 rings (SSSR count). The van der Waals surface area contributed by atoms with Gasteiger partial charge in [-0.25, -0.2) is 0 Å². The summed E-state index contributed by atoms with van der Waals surface area (Å²) in [5.74, 6) is 0.596. The fourth-order valence-corrected chi connectivity index (χ4v) is 2.02. The Bertz CT molecular complexity index is 407. The quantitative estimate of drug-likeness (QED) is 0.435. The van der Waals surface area contributed by atoms with Crippen LogP contribution in [-0.2, 0) is 0 Å². The fourth-order valence-electron chi connectivity index (χ4n) is 2.02. The third-order valence-corrected chi connectivity index (χ3v) is 2.95. The maximum absolute atomic E-state index is 10.5. The van der Waals surface area contributed by atoms with Crippen LogP contribution in [-0.4, -0.2) is 41.1 Å². The monoisotopic (exact) mass is 224 g/mol. The van der Waals surface area contributed by atoms with Crippen molar-refractivity contribution in [2.24, 2.45) is 5.73 Å². The maximum Gasteiger partial charge on any atom is 0.329 e. The maximum atomic E-state index is 10.5. The van der Waals surface area contributed by atoms with E-state index in [1.165, 1.54) is 12.4 Å². The lowest BCUT2D eigenvalue weighted by molar-refractivity contribution is -0.385. The van der Waals surface area contributed by atoms with Crippen molar-refractivity contribution in [1.82, 2.24) is 14.5 Å². The van der Waals surface area contributed by atoms with Crippen LogP contribution in [0.25, 0.3) is 0 Å². The molecule has 0 aliphatic carbocycles. The Morgan fingerprint density at radius 2 is 2.19 bits per heavy atom. The number of quaternary nitrogens is 1. The number of rotatable bonds is 2. The number of likely N-dealkylation sites (N-methyl/N-ethyl adjacent to an activating group) is 1. The van der Waals surface area contributed by atoms with E-state index < -0.39 is 4.92 Å². The van der Waals surface area contributed by atoms with E-state index in [0.29, 0.717) is 10.4 Å². The molecule has 0 saturated carbocycles. The molecule has 86 valence electrons. The number of likely N-dealkylation sites (tertiary alicyclic amines) is 1. The summed E-state index contributed by atoms with van der Waals surface area (Å²) in [5, 5.41) is 10.5. The van der Waals surface area contributed by atoms with Crippen molar-refractivity contribution in [2.45, 2.75) is 12.5 Å². The summed E-state index contributed by atoms with van der Waals surface area (Å²) >= 11 is 0. The Labute approximate surface area is 92.7 Å². The molecule has 7 heteroatoms. The Balaban J connectivity index is 2.25. The zero-order chi connectivity index (χ0) is 11.8. The second-order valence-corrected chi connectivity index (χ2v) is 4.35. The molecule has 2 N–H and O–H groups in total. The lowest BCUT2D eigenvalue weighted by Gasteiger charge is -2.25. The molecule has 0 amide bonds. The Kier molecular flexibility index (Phi) is 2.56. The van der Waals surface area contributed by atoms with E-state index in [0.717, 1.165) is 19.5 Å². The largest absolute Gasteiger partial charge is 0.329 e. The molecule has 0 radical (unpaired) electrons. The first-order chi connectivity index (χ1) is 7.51. The number of hydrogen-bond donors (Lipinski definition) is 1. The number of aromatic nitrogens is 2. The molecule has 1 aliphatic rings. The minimum atomic E-state index is -0.500. The van der Waals surface area contributed by atoms with Crippen LogP contribution in [0.4, 0.5) is 11.6 Å². The van der Waals surface area contributed by atoms with Gasteiger partial charge in [-0.3, -0.25) is 14.6 Å². The molecule has 1 saturated heterocycles. The van der Waals surface area contributed by atoms with E-state index in [-0.39, 0.29) is 11.7 Å². The van der Waals surface area contributed by atoms with Crippen molar-refractivity contribution in [3.05, 3.63) is 22.5 Å². The molecule has 0 bridgehead atoms. The number of nitrogens with two attached hydrogens (primary N) is 1. The molecule has 1 fully saturated rings. The normalized spacial score (nSPS) is 29.2. The highest BCUT2D eigenvalue weighted by Gasteiger charge is 2.37. The van der Waals surface area contributed by atoms with Gasteiger partial charge in [-0.2, -0.15) is 9.97 Å². The minimum Gasteiger partial charge on any atom is -0.323 e. The van der Waals surface area contributed by atoms with E-state index in [9.17, 15) is 10.1 Å². The first-order valence-corrected chi connectivity index (χ1v) is 5.08. The molecule has 1 aliphatic heterocycles. The molecule has 0 aromatic carbocycles. The van der Waals surface area contributed by atoms with Crippen LogP contribution in [0.3, 0.4) is 0 Å². The summed E-state index contributed by atoms with van der Waals surface area (Å²) in [5.41, 5.74) is 5.76. The van der Waals surface area contributed by atoms with Gasteiger partial charge in [-0.1, -0.05) is 0 Å². The summed E-state index contributed by atoms with van der Waals surface area (Å²) in [6.07, 6.45) is 3.42. The number of hydrogen-bond acceptors (Lipinski definition) is 5. The molecule has 2 heterocycles. The predicted octanol–water partition coefficient (Wildman–Crippen LogP) is 0.0529. The van der Waals surface area contributed by atoms with Gasteiger partial charge >= 0.3 is 11.6 Å². The van der Waals surface area contributed by atoms with E-state index in [1.807, 2.05) is 7.05 Å². The number of nitro groups is 1. The van der Waals surface area contributed by atoms with Crippen molar-refractivity contribution in [3.63, 3.8) is 0 Å². The molecule has 2 atom stereocenters. The predicted molar refractivity (Wildman–Crippen MR) is 58.7 cm³/mol. The lowest BCUT2D eigenvalue weighted by Crippen LogP contribution is -2.45. The average Bonchev–Trinajstić information content (AvgIpc) is 2.60. The zero-order valence-corrected chi connectivity index (χ0v) is 9.04. The van der Waals surface area contributed by atoms with Gasteiger partial charge in [0.25, 0.3) is 0 Å². The van der Waals surface area contributed by atoms with Crippen molar-refractivity contribution in [3.8, 4) is 0 Å². The highest BCUT2D eigenvalue weighted by molar-refractivity contribution is 5.31. The fraction of sp³-hybridized carbons (Fsp3) is 0.556. The van der Waals surface area contributed by atoms with E-state index in [1.54, 1.807) is 0 Å². The van der Waals surface area contributed by atoms with Crippen molar-refractivity contribution < 1.29 is 4.92 Å². The average molecular weight is 224 g/mol. The third-order valence-electron chi connectivity index (χ3n) is 2.95. The van der Waals surface area contributed by atoms with Crippen LogP contribution in [0.15, 0.2) is 12.4 Å². The van der Waals surface area contributed by atoms with Crippen molar-refractivity contribution >= 4 is 11.6 Å². The molecular weight excluding hydrogens is 210 g/mol. The zero-order valence-electron chi connectivity index (χ0n) is 9.04. The Morgan fingerprint density at radius 1 is 1.56 bits per heavy atom. The van der Waals surface area contributed by atoms with E-state index >= 15 is 0 Å². The Hall–Kier alpha value is -1.60. The standard InChI is InChI=1S/C9H14N5O2/c1-14(3-2-7(10)6-14)9-11-4-8(5-12-9)13(15)16/h4-5,7H,2-3,6,10H2,1H3/q+1. The van der Waals surface area contributed by atoms with E-state index in [2.05, 4.69) is 9.97 Å². The summed E-state index contributed by atoms with van der Waals surface area (Å²) in [6, 6.07) is 0.156. The molecule has 7 nitrogen and oxygen atoms in total. The summed E-state index contributed by atoms with van der Waals surface area (Å²) in [6.45, 7) is 1.65. The lowest BCUT2D eigenvalue weighted by atomic mass is 10.3. The molecule has 2 unspecified atom stereocenters. The molecule has 0 spiro atoms. The van der Waals surface area contributed by atoms with Gasteiger partial charge in [0.15, 0.2) is 0 Å². The van der Waals surface area contributed by atoms with Gasteiger partial charge in [0.1, 0.15) is 18.9 Å². The van der Waals surface area contributed by atoms with Crippen LogP contribution in [0, 0.1) is 10.1 Å². The van der Waals surface area contributed by atoms with Crippen LogP contribution in [0.2, 0.25) is 0 Å². The molecule has 1 aromatic heterocycles. The van der Waals surface area contributed by atoms with E-state index in [4.69, 9.17) is 5.73 Å². The van der Waals surface area contributed by atoms with Gasteiger partial charge in [0.05, 0.1) is 24.6 Å². The highest BCUT2D eigenvalue weighted by atomic mass is 16.6. The van der Waals surface area contributed by atoms with Gasteiger partial charge in [-0.15, -0.1) is 0 Å². The smallest absolute Gasteiger partial charge is 0.323 e. The van der Waals surface area contributed by atoms with Gasteiger partial charge in [-0.05, 0) is 0 Å². The van der Waals surface area contributed by atoms with Crippen LogP contribution >= 0.6 is 0 Å². The van der Waals surface area contributed by atoms with Crippen LogP contribution < -0.4 is 10.2 Å². The summed E-state index contributed by atoms with van der Waals surface area (Å²) in [4.78, 5) is 18.1. The van der Waals surface area contributed by atoms with Crippen LogP contribution in [0.5, 0.6) is 0 Å². The molecule has 1 aromatic rings. The van der Waals surface area contributed by atoms with Crippen LogP contribution in [0.1, 0.15) is 6.42 Å². The molecular formula is C9H14N5O2+. The number of nitrogens with zero attached hydrogens (tertiary/aromatic N) is 4. The second-order valence-electron chi connectivity index (χ2n) is 4.35. The second kappa shape index (κ2) is 3.76. The minimum absolute atomic E-state index is 0.0844. The first-order valence-electron chi connectivity index (χ1n) is 5.08. The Morgan fingerprint density at radius 3 is 2.62 bits per heavy atom. The third kappa shape index (κ3) is 1.86. The highest BCUT2D eigenvalue weighted by Crippen LogP contribution is 2.23. The van der Waals surface area contributed by atoms with Crippen molar-refractivity contribution in [1.29, 1.82) is 0 Å². The topological polar surface area (TPSA) is 94.9 Å². The first kappa shape index (κ1) is 10.9. The summed E-state index contributed by atoms with van der Waals surface area (Å²) < 4.78 is 0.555. The SMILES string of the molecule is C[N+]1(c2ncc([N+](=O)[O-])cn2)CCC(N)C1. The summed E-state index contributed by atoms with van der Waals surface area (Å²) in [7, 11) is 1.99.